The number of fused-ring (bicyclic) bond motifs is 2. The van der Waals surface area contributed by atoms with Crippen LogP contribution in [0.3, 0.4) is 0 Å². The van der Waals surface area contributed by atoms with Gasteiger partial charge in [0.15, 0.2) is 11.5 Å². The van der Waals surface area contributed by atoms with Crippen molar-refractivity contribution < 1.29 is 14.7 Å². The highest BCUT2D eigenvalue weighted by Crippen LogP contribution is 2.39. The molecule has 2 aromatic heterocycles. The van der Waals surface area contributed by atoms with Crippen molar-refractivity contribution in [2.45, 2.75) is 58.2 Å². The molecule has 2 amide bonds. The summed E-state index contributed by atoms with van der Waals surface area (Å²) in [6.07, 6.45) is 5.66. The highest BCUT2D eigenvalue weighted by molar-refractivity contribution is 6.04. The molecule has 1 aliphatic heterocycles. The Morgan fingerprint density at radius 2 is 2.09 bits per heavy atom. The quantitative estimate of drug-likeness (QED) is 0.504. The van der Waals surface area contributed by atoms with E-state index in [1.54, 1.807) is 6.20 Å². The van der Waals surface area contributed by atoms with E-state index in [1.807, 2.05) is 30.0 Å². The number of aryl methyl sites for hydroxylation is 1. The minimum atomic E-state index is -0.302. The van der Waals surface area contributed by atoms with Gasteiger partial charge >= 0.3 is 0 Å². The molecule has 4 N–H and O–H groups in total. The molecule has 182 valence electrons. The Hall–Kier alpha value is -3.46. The molecule has 0 saturated heterocycles. The van der Waals surface area contributed by atoms with Gasteiger partial charge in [-0.25, -0.2) is 9.50 Å². The Bertz CT molecular complexity index is 1350. The maximum atomic E-state index is 13.1. The number of hydrogen-bond donors (Lipinski definition) is 3. The summed E-state index contributed by atoms with van der Waals surface area (Å²) in [5, 5.41) is 16.5. The zero-order valence-electron chi connectivity index (χ0n) is 20.0. The fraction of sp³-hybridized carbons (Fsp3) is 0.462. The van der Waals surface area contributed by atoms with Crippen LogP contribution in [0.2, 0.25) is 0 Å². The molecule has 0 bridgehead atoms. The summed E-state index contributed by atoms with van der Waals surface area (Å²) in [4.78, 5) is 32.9. The molecule has 9 heteroatoms. The van der Waals surface area contributed by atoms with E-state index in [0.29, 0.717) is 23.8 Å². The fourth-order valence-corrected chi connectivity index (χ4v) is 5.58. The number of nitrogens with one attached hydrogen (secondary N) is 1. The molecule has 2 fully saturated rings. The van der Waals surface area contributed by atoms with Crippen LogP contribution in [0.15, 0.2) is 24.4 Å². The lowest BCUT2D eigenvalue weighted by Crippen LogP contribution is -2.45. The number of benzene rings is 1. The smallest absolute Gasteiger partial charge is 0.259 e. The third kappa shape index (κ3) is 3.65. The third-order valence-corrected chi connectivity index (χ3v) is 7.89. The van der Waals surface area contributed by atoms with E-state index >= 15 is 0 Å². The minimum Gasteiger partial charge on any atom is -0.396 e. The van der Waals surface area contributed by atoms with Crippen LogP contribution in [0.25, 0.3) is 16.9 Å². The summed E-state index contributed by atoms with van der Waals surface area (Å²) in [5.74, 6) is 0.802. The number of amides is 2. The molecule has 6 rings (SSSR count). The summed E-state index contributed by atoms with van der Waals surface area (Å²) in [6, 6.07) is 6.16. The molecule has 1 atom stereocenters. The number of nitrogens with two attached hydrogens (primary N) is 1. The van der Waals surface area contributed by atoms with E-state index in [4.69, 9.17) is 10.7 Å². The van der Waals surface area contributed by atoms with Crippen LogP contribution in [0.1, 0.15) is 64.4 Å². The van der Waals surface area contributed by atoms with Crippen LogP contribution in [0.4, 0.5) is 5.82 Å². The van der Waals surface area contributed by atoms with Crippen molar-refractivity contribution in [2.75, 3.05) is 12.3 Å². The molecule has 3 heterocycles. The lowest BCUT2D eigenvalue weighted by Gasteiger charge is -2.34. The van der Waals surface area contributed by atoms with E-state index in [0.717, 1.165) is 35.1 Å². The van der Waals surface area contributed by atoms with Crippen molar-refractivity contribution in [3.63, 3.8) is 0 Å². The van der Waals surface area contributed by atoms with Crippen LogP contribution in [-0.2, 0) is 6.54 Å². The lowest BCUT2D eigenvalue weighted by atomic mass is 9.81. The van der Waals surface area contributed by atoms with Crippen LogP contribution in [0, 0.1) is 18.8 Å². The van der Waals surface area contributed by atoms with Crippen molar-refractivity contribution in [3.8, 4) is 11.3 Å². The van der Waals surface area contributed by atoms with Gasteiger partial charge in [0.05, 0.1) is 5.69 Å². The van der Waals surface area contributed by atoms with Crippen molar-refractivity contribution in [2.24, 2.45) is 11.8 Å². The summed E-state index contributed by atoms with van der Waals surface area (Å²) in [7, 11) is 0. The Morgan fingerprint density at radius 3 is 2.80 bits per heavy atom. The average Bonchev–Trinajstić information content (AvgIpc) is 3.52. The Labute approximate surface area is 203 Å². The second-order valence-electron chi connectivity index (χ2n) is 10.4. The standard InChI is InChI=1S/C26H30N6O3/c1-13-7-17(10-18-11-31(26(35)21(13)18)14(2)16-3-4-16)20-5-6-32-24(29-20)22(23(27)30-32)25(34)28-19-8-15(9-19)12-33/h5-7,10,14-16,19,33H,3-4,8-9,11-12H2,1-2H3,(H2,27,30)(H,28,34)/t14-,15?,19?/m0/s1. The molecule has 2 aliphatic carbocycles. The van der Waals surface area contributed by atoms with E-state index < -0.39 is 0 Å². The molecule has 0 spiro atoms. The summed E-state index contributed by atoms with van der Waals surface area (Å²) in [6.45, 7) is 4.88. The van der Waals surface area contributed by atoms with Gasteiger partial charge in [-0.2, -0.15) is 0 Å². The number of anilines is 1. The first kappa shape index (κ1) is 22.0. The van der Waals surface area contributed by atoms with Gasteiger partial charge in [-0.3, -0.25) is 9.59 Å². The number of nitrogens with zero attached hydrogens (tertiary/aromatic N) is 4. The highest BCUT2D eigenvalue weighted by atomic mass is 16.3. The number of carbonyl (C=O) groups excluding carboxylic acids is 2. The molecular formula is C26H30N6O3. The van der Waals surface area contributed by atoms with Gasteiger partial charge in [0, 0.05) is 42.6 Å². The second-order valence-corrected chi connectivity index (χ2v) is 10.4. The van der Waals surface area contributed by atoms with Gasteiger partial charge in [0.1, 0.15) is 5.56 Å². The number of rotatable bonds is 6. The van der Waals surface area contributed by atoms with Crippen molar-refractivity contribution in [3.05, 3.63) is 46.6 Å². The topological polar surface area (TPSA) is 126 Å². The first-order valence-corrected chi connectivity index (χ1v) is 12.4. The molecule has 1 aromatic carbocycles. The number of hydrogen-bond acceptors (Lipinski definition) is 6. The molecule has 0 unspecified atom stereocenters. The number of carbonyl (C=O) groups is 2. The van der Waals surface area contributed by atoms with Gasteiger partial charge in [-0.1, -0.05) is 0 Å². The molecule has 3 aromatic rings. The normalized spacial score (nSPS) is 22.3. The SMILES string of the molecule is Cc1cc(-c2ccn3nc(N)c(C(=O)NC4CC(CO)C4)c3n2)cc2c1C(=O)N([C@@H](C)C1CC1)C2. The Morgan fingerprint density at radius 1 is 1.31 bits per heavy atom. The van der Waals surface area contributed by atoms with Gasteiger partial charge in [-0.15, -0.1) is 5.10 Å². The summed E-state index contributed by atoms with van der Waals surface area (Å²) < 4.78 is 1.52. The van der Waals surface area contributed by atoms with Crippen molar-refractivity contribution in [1.29, 1.82) is 0 Å². The Kier molecular flexibility index (Phi) is 5.07. The maximum absolute atomic E-state index is 13.1. The zero-order valence-corrected chi connectivity index (χ0v) is 20.0. The fourth-order valence-electron chi connectivity index (χ4n) is 5.58. The van der Waals surface area contributed by atoms with Gasteiger partial charge < -0.3 is 21.1 Å². The van der Waals surface area contributed by atoms with Gasteiger partial charge in [-0.05, 0) is 80.7 Å². The number of aliphatic hydroxyl groups excluding tert-OH is 1. The predicted molar refractivity (Wildman–Crippen MR) is 131 cm³/mol. The third-order valence-electron chi connectivity index (χ3n) is 7.89. The highest BCUT2D eigenvalue weighted by Gasteiger charge is 2.39. The second kappa shape index (κ2) is 8.05. The van der Waals surface area contributed by atoms with E-state index in [-0.39, 0.29) is 47.8 Å². The predicted octanol–water partition coefficient (Wildman–Crippen LogP) is 2.54. The van der Waals surface area contributed by atoms with Crippen LogP contribution < -0.4 is 11.1 Å². The monoisotopic (exact) mass is 474 g/mol. The Balaban J connectivity index is 1.31. The van der Waals surface area contributed by atoms with E-state index in [9.17, 15) is 14.7 Å². The van der Waals surface area contributed by atoms with Crippen LogP contribution >= 0.6 is 0 Å². The number of aromatic nitrogens is 3. The average molecular weight is 475 g/mol. The molecule has 35 heavy (non-hydrogen) atoms. The summed E-state index contributed by atoms with van der Waals surface area (Å²) >= 11 is 0. The lowest BCUT2D eigenvalue weighted by molar-refractivity contribution is 0.0696. The van der Waals surface area contributed by atoms with E-state index in [1.165, 1.54) is 17.4 Å². The van der Waals surface area contributed by atoms with Crippen LogP contribution in [-0.4, -0.2) is 55.1 Å². The number of nitrogen functional groups attached to an aromatic ring is 1. The molecule has 3 aliphatic rings. The largest absolute Gasteiger partial charge is 0.396 e. The molecule has 9 nitrogen and oxygen atoms in total. The zero-order chi connectivity index (χ0) is 24.4. The first-order valence-electron chi connectivity index (χ1n) is 12.4. The first-order chi connectivity index (χ1) is 16.8. The molecular weight excluding hydrogens is 444 g/mol. The summed E-state index contributed by atoms with van der Waals surface area (Å²) in [5.41, 5.74) is 11.1. The molecule has 2 saturated carbocycles. The maximum Gasteiger partial charge on any atom is 0.259 e. The van der Waals surface area contributed by atoms with Crippen molar-refractivity contribution in [1.82, 2.24) is 24.8 Å². The number of aliphatic hydroxyl groups is 1. The van der Waals surface area contributed by atoms with Crippen LogP contribution in [0.5, 0.6) is 0 Å². The van der Waals surface area contributed by atoms with Gasteiger partial charge in [0.25, 0.3) is 11.8 Å². The molecule has 0 radical (unpaired) electrons. The van der Waals surface area contributed by atoms with Gasteiger partial charge in [0.2, 0.25) is 0 Å². The minimum absolute atomic E-state index is 0.0232. The van der Waals surface area contributed by atoms with E-state index in [2.05, 4.69) is 17.3 Å². The van der Waals surface area contributed by atoms with Crippen molar-refractivity contribution >= 4 is 23.3 Å².